The normalized spacial score (nSPS) is 11.6. The first kappa shape index (κ1) is 12.6. The molecular weight excluding hydrogens is 214 g/mol. The number of aliphatic carboxylic acids is 1. The fourth-order valence-electron chi connectivity index (χ4n) is 1.43. The van der Waals surface area contributed by atoms with Crippen molar-refractivity contribution in [3.63, 3.8) is 0 Å². The molecule has 1 N–H and O–H groups in total. The zero-order chi connectivity index (χ0) is 12.5. The lowest BCUT2D eigenvalue weighted by Gasteiger charge is -2.20. The van der Waals surface area contributed by atoms with Crippen LogP contribution >= 0.6 is 0 Å². The van der Waals surface area contributed by atoms with E-state index in [9.17, 15) is 13.6 Å². The SMILES string of the molecule is Cc1cc(F)c(F)cc1CC(C)(C)C(=O)O. The largest absolute Gasteiger partial charge is 0.481 e. The van der Waals surface area contributed by atoms with Crippen LogP contribution < -0.4 is 0 Å². The highest BCUT2D eigenvalue weighted by Crippen LogP contribution is 2.25. The van der Waals surface area contributed by atoms with E-state index in [2.05, 4.69) is 0 Å². The number of halogens is 2. The first-order valence-electron chi connectivity index (χ1n) is 4.92. The molecule has 0 unspecified atom stereocenters. The third-order valence-electron chi connectivity index (χ3n) is 2.59. The maximum absolute atomic E-state index is 13.0. The van der Waals surface area contributed by atoms with Gasteiger partial charge in [0.2, 0.25) is 0 Å². The molecule has 1 rings (SSSR count). The van der Waals surface area contributed by atoms with Crippen LogP contribution in [-0.2, 0) is 11.2 Å². The van der Waals surface area contributed by atoms with Gasteiger partial charge in [-0.15, -0.1) is 0 Å². The lowest BCUT2D eigenvalue weighted by Crippen LogP contribution is -2.26. The molecule has 1 aromatic rings. The van der Waals surface area contributed by atoms with E-state index in [1.165, 1.54) is 0 Å². The monoisotopic (exact) mass is 228 g/mol. The van der Waals surface area contributed by atoms with Crippen LogP contribution in [0.4, 0.5) is 8.78 Å². The molecule has 0 aliphatic heterocycles. The third kappa shape index (κ3) is 2.56. The predicted octanol–water partition coefficient (Wildman–Crippen LogP) is 2.93. The molecule has 0 saturated carbocycles. The van der Waals surface area contributed by atoms with Gasteiger partial charge >= 0.3 is 5.97 Å². The van der Waals surface area contributed by atoms with E-state index in [-0.39, 0.29) is 6.42 Å². The number of aryl methyl sites for hydroxylation is 1. The fourth-order valence-corrected chi connectivity index (χ4v) is 1.43. The molecule has 0 amide bonds. The average Bonchev–Trinajstić information content (AvgIpc) is 2.13. The lowest BCUT2D eigenvalue weighted by molar-refractivity contribution is -0.146. The van der Waals surface area contributed by atoms with Gasteiger partial charge in [0.25, 0.3) is 0 Å². The second kappa shape index (κ2) is 4.20. The number of carbonyl (C=O) groups is 1. The summed E-state index contributed by atoms with van der Waals surface area (Å²) in [4.78, 5) is 10.9. The van der Waals surface area contributed by atoms with E-state index in [0.717, 1.165) is 12.1 Å². The van der Waals surface area contributed by atoms with Crippen LogP contribution in [0.1, 0.15) is 25.0 Å². The van der Waals surface area contributed by atoms with Gasteiger partial charge in [-0.05, 0) is 50.5 Å². The summed E-state index contributed by atoms with van der Waals surface area (Å²) in [6.07, 6.45) is 0.172. The molecule has 2 nitrogen and oxygen atoms in total. The second-order valence-corrected chi connectivity index (χ2v) is 4.56. The summed E-state index contributed by atoms with van der Waals surface area (Å²) in [6.45, 7) is 4.74. The Kier molecular flexibility index (Phi) is 3.31. The van der Waals surface area contributed by atoms with Crippen LogP contribution in [0, 0.1) is 24.0 Å². The predicted molar refractivity (Wildman–Crippen MR) is 56.2 cm³/mol. The van der Waals surface area contributed by atoms with Crippen LogP contribution in [0.3, 0.4) is 0 Å². The molecule has 16 heavy (non-hydrogen) atoms. The molecule has 0 spiro atoms. The fraction of sp³-hybridized carbons (Fsp3) is 0.417. The van der Waals surface area contributed by atoms with Gasteiger partial charge < -0.3 is 5.11 Å². The average molecular weight is 228 g/mol. The molecule has 0 radical (unpaired) electrons. The first-order chi connectivity index (χ1) is 7.24. The summed E-state index contributed by atoms with van der Waals surface area (Å²) >= 11 is 0. The molecule has 0 aromatic heterocycles. The topological polar surface area (TPSA) is 37.3 Å². The molecule has 0 heterocycles. The van der Waals surface area contributed by atoms with Crippen LogP contribution in [-0.4, -0.2) is 11.1 Å². The second-order valence-electron chi connectivity index (χ2n) is 4.56. The number of hydrogen-bond donors (Lipinski definition) is 1. The van der Waals surface area contributed by atoms with Crippen molar-refractivity contribution in [1.29, 1.82) is 0 Å². The number of carboxylic acids is 1. The number of carboxylic acid groups (broad SMARTS) is 1. The summed E-state index contributed by atoms with van der Waals surface area (Å²) in [5, 5.41) is 8.95. The third-order valence-corrected chi connectivity index (χ3v) is 2.59. The first-order valence-corrected chi connectivity index (χ1v) is 4.92. The highest BCUT2D eigenvalue weighted by molar-refractivity contribution is 5.74. The van der Waals surface area contributed by atoms with Crippen LogP contribution in [0.25, 0.3) is 0 Å². The number of rotatable bonds is 3. The zero-order valence-electron chi connectivity index (χ0n) is 9.47. The van der Waals surface area contributed by atoms with E-state index >= 15 is 0 Å². The highest BCUT2D eigenvalue weighted by Gasteiger charge is 2.28. The minimum atomic E-state index is -0.991. The van der Waals surface area contributed by atoms with Crippen molar-refractivity contribution in [3.8, 4) is 0 Å². The van der Waals surface area contributed by atoms with Gasteiger partial charge in [-0.25, -0.2) is 8.78 Å². The smallest absolute Gasteiger partial charge is 0.309 e. The van der Waals surface area contributed by atoms with Crippen molar-refractivity contribution >= 4 is 5.97 Å². The minimum absolute atomic E-state index is 0.172. The van der Waals surface area contributed by atoms with E-state index in [4.69, 9.17) is 5.11 Å². The van der Waals surface area contributed by atoms with Gasteiger partial charge in [0.1, 0.15) is 0 Å². The Morgan fingerprint density at radius 2 is 1.81 bits per heavy atom. The van der Waals surface area contributed by atoms with Crippen molar-refractivity contribution in [2.75, 3.05) is 0 Å². The van der Waals surface area contributed by atoms with Gasteiger partial charge in [0.15, 0.2) is 11.6 Å². The summed E-state index contributed by atoms with van der Waals surface area (Å²) in [5.74, 6) is -2.81. The van der Waals surface area contributed by atoms with Crippen molar-refractivity contribution in [2.45, 2.75) is 27.2 Å². The van der Waals surface area contributed by atoms with Crippen molar-refractivity contribution in [1.82, 2.24) is 0 Å². The van der Waals surface area contributed by atoms with Crippen molar-refractivity contribution < 1.29 is 18.7 Å². The summed E-state index contributed by atoms with van der Waals surface area (Å²) in [7, 11) is 0. The summed E-state index contributed by atoms with van der Waals surface area (Å²) in [6, 6.07) is 2.15. The Bertz CT molecular complexity index is 425. The molecule has 0 aliphatic rings. The Balaban J connectivity index is 3.07. The Morgan fingerprint density at radius 3 is 2.31 bits per heavy atom. The Hall–Kier alpha value is -1.45. The van der Waals surface area contributed by atoms with Crippen molar-refractivity contribution in [2.24, 2.45) is 5.41 Å². The Morgan fingerprint density at radius 1 is 1.31 bits per heavy atom. The van der Waals surface area contributed by atoms with Crippen molar-refractivity contribution in [3.05, 3.63) is 34.9 Å². The molecule has 88 valence electrons. The van der Waals surface area contributed by atoms with Gasteiger partial charge in [0, 0.05) is 0 Å². The molecule has 0 saturated heterocycles. The summed E-state index contributed by atoms with van der Waals surface area (Å²) in [5.41, 5.74) is 0.0919. The van der Waals surface area contributed by atoms with Gasteiger partial charge in [-0.2, -0.15) is 0 Å². The van der Waals surface area contributed by atoms with E-state index in [0.29, 0.717) is 11.1 Å². The van der Waals surface area contributed by atoms with E-state index < -0.39 is 23.0 Å². The van der Waals surface area contributed by atoms with Crippen LogP contribution in [0.5, 0.6) is 0 Å². The van der Waals surface area contributed by atoms with E-state index in [1.54, 1.807) is 20.8 Å². The van der Waals surface area contributed by atoms with Gasteiger partial charge in [-0.1, -0.05) is 0 Å². The standard InChI is InChI=1S/C12H14F2O2/c1-7-4-9(13)10(14)5-8(7)6-12(2,3)11(15)16/h4-5H,6H2,1-3H3,(H,15,16). The Labute approximate surface area is 92.9 Å². The quantitative estimate of drug-likeness (QED) is 0.863. The van der Waals surface area contributed by atoms with Crippen LogP contribution in [0.15, 0.2) is 12.1 Å². The zero-order valence-corrected chi connectivity index (χ0v) is 9.47. The molecule has 0 atom stereocenters. The lowest BCUT2D eigenvalue weighted by atomic mass is 9.84. The summed E-state index contributed by atoms with van der Waals surface area (Å²) < 4.78 is 25.9. The maximum Gasteiger partial charge on any atom is 0.309 e. The molecule has 4 heteroatoms. The molecule has 0 aliphatic carbocycles. The minimum Gasteiger partial charge on any atom is -0.481 e. The number of benzene rings is 1. The highest BCUT2D eigenvalue weighted by atomic mass is 19.2. The van der Waals surface area contributed by atoms with Gasteiger partial charge in [0.05, 0.1) is 5.41 Å². The van der Waals surface area contributed by atoms with Gasteiger partial charge in [-0.3, -0.25) is 4.79 Å². The molecule has 0 bridgehead atoms. The van der Waals surface area contributed by atoms with Crippen LogP contribution in [0.2, 0.25) is 0 Å². The molecule has 1 aromatic carbocycles. The molecular formula is C12H14F2O2. The molecule has 0 fully saturated rings. The van der Waals surface area contributed by atoms with E-state index in [1.807, 2.05) is 0 Å². The maximum atomic E-state index is 13.0. The number of hydrogen-bond acceptors (Lipinski definition) is 1.